The predicted octanol–water partition coefficient (Wildman–Crippen LogP) is 2.60. The standard InChI is InChI=1S/C16H25N3O/c1-13-8-11-19(12-9-13)15-6-4-14(5-7-15)18-16(20)3-2-10-17/h4-7,13H,2-3,8-12,17H2,1H3,(H,18,20). The van der Waals surface area contributed by atoms with Crippen LogP contribution in [0.4, 0.5) is 11.4 Å². The van der Waals surface area contributed by atoms with E-state index in [1.165, 1.54) is 18.5 Å². The van der Waals surface area contributed by atoms with Crippen LogP contribution in [-0.4, -0.2) is 25.5 Å². The Balaban J connectivity index is 1.88. The molecule has 1 fully saturated rings. The van der Waals surface area contributed by atoms with E-state index in [1.54, 1.807) is 0 Å². The molecule has 0 radical (unpaired) electrons. The highest BCUT2D eigenvalue weighted by atomic mass is 16.1. The molecule has 1 amide bonds. The number of rotatable bonds is 5. The average molecular weight is 275 g/mol. The first kappa shape index (κ1) is 14.9. The van der Waals surface area contributed by atoms with Crippen molar-refractivity contribution < 1.29 is 4.79 Å². The van der Waals surface area contributed by atoms with Gasteiger partial charge in [-0.1, -0.05) is 6.92 Å². The zero-order valence-electron chi connectivity index (χ0n) is 12.3. The molecule has 110 valence electrons. The highest BCUT2D eigenvalue weighted by Gasteiger charge is 2.15. The maximum absolute atomic E-state index is 11.6. The molecule has 0 atom stereocenters. The summed E-state index contributed by atoms with van der Waals surface area (Å²) < 4.78 is 0. The Labute approximate surface area is 121 Å². The molecule has 3 N–H and O–H groups in total. The lowest BCUT2D eigenvalue weighted by atomic mass is 9.99. The minimum absolute atomic E-state index is 0.0370. The fourth-order valence-electron chi connectivity index (χ4n) is 2.51. The highest BCUT2D eigenvalue weighted by Crippen LogP contribution is 2.24. The number of hydrogen-bond acceptors (Lipinski definition) is 3. The first-order valence-corrected chi connectivity index (χ1v) is 7.54. The third-order valence-electron chi connectivity index (χ3n) is 3.91. The van der Waals surface area contributed by atoms with Crippen LogP contribution in [0, 0.1) is 5.92 Å². The monoisotopic (exact) mass is 275 g/mol. The second kappa shape index (κ2) is 7.29. The fourth-order valence-corrected chi connectivity index (χ4v) is 2.51. The third kappa shape index (κ3) is 4.23. The molecule has 1 saturated heterocycles. The van der Waals surface area contributed by atoms with Gasteiger partial charge in [0.25, 0.3) is 0 Å². The molecule has 0 spiro atoms. The zero-order chi connectivity index (χ0) is 14.4. The predicted molar refractivity (Wildman–Crippen MR) is 84.0 cm³/mol. The van der Waals surface area contributed by atoms with Crippen LogP contribution in [0.15, 0.2) is 24.3 Å². The molecule has 0 saturated carbocycles. The Kier molecular flexibility index (Phi) is 5.41. The molecule has 1 heterocycles. The van der Waals surface area contributed by atoms with Crippen LogP contribution in [0.2, 0.25) is 0 Å². The summed E-state index contributed by atoms with van der Waals surface area (Å²) in [6.07, 6.45) is 3.74. The van der Waals surface area contributed by atoms with E-state index in [0.29, 0.717) is 13.0 Å². The van der Waals surface area contributed by atoms with E-state index < -0.39 is 0 Å². The van der Waals surface area contributed by atoms with Gasteiger partial charge in [-0.3, -0.25) is 4.79 Å². The molecule has 1 aromatic carbocycles. The van der Waals surface area contributed by atoms with E-state index in [2.05, 4.69) is 29.3 Å². The SMILES string of the molecule is CC1CCN(c2ccc(NC(=O)CCCN)cc2)CC1. The van der Waals surface area contributed by atoms with E-state index in [4.69, 9.17) is 5.73 Å². The summed E-state index contributed by atoms with van der Waals surface area (Å²) in [5.74, 6) is 0.877. The van der Waals surface area contributed by atoms with Gasteiger partial charge in [-0.05, 0) is 56.0 Å². The largest absolute Gasteiger partial charge is 0.372 e. The van der Waals surface area contributed by atoms with Crippen molar-refractivity contribution in [1.29, 1.82) is 0 Å². The fraction of sp³-hybridized carbons (Fsp3) is 0.562. The normalized spacial score (nSPS) is 16.2. The lowest BCUT2D eigenvalue weighted by molar-refractivity contribution is -0.116. The van der Waals surface area contributed by atoms with Gasteiger partial charge in [0.2, 0.25) is 5.91 Å². The Morgan fingerprint density at radius 2 is 1.95 bits per heavy atom. The van der Waals surface area contributed by atoms with Gasteiger partial charge < -0.3 is 16.0 Å². The van der Waals surface area contributed by atoms with Gasteiger partial charge in [0, 0.05) is 30.9 Å². The number of nitrogens with one attached hydrogen (secondary N) is 1. The zero-order valence-corrected chi connectivity index (χ0v) is 12.3. The molecule has 1 aliphatic heterocycles. The lowest BCUT2D eigenvalue weighted by Crippen LogP contribution is -2.32. The Hall–Kier alpha value is -1.55. The number of anilines is 2. The van der Waals surface area contributed by atoms with Crippen molar-refractivity contribution in [2.24, 2.45) is 11.7 Å². The van der Waals surface area contributed by atoms with Gasteiger partial charge in [-0.15, -0.1) is 0 Å². The van der Waals surface area contributed by atoms with Crippen molar-refractivity contribution in [3.63, 3.8) is 0 Å². The topological polar surface area (TPSA) is 58.4 Å². The van der Waals surface area contributed by atoms with Gasteiger partial charge in [-0.2, -0.15) is 0 Å². The van der Waals surface area contributed by atoms with E-state index in [0.717, 1.165) is 31.1 Å². The minimum Gasteiger partial charge on any atom is -0.372 e. The number of amides is 1. The number of benzene rings is 1. The molecular formula is C16H25N3O. The van der Waals surface area contributed by atoms with Crippen molar-refractivity contribution in [3.05, 3.63) is 24.3 Å². The van der Waals surface area contributed by atoms with Gasteiger partial charge in [0.1, 0.15) is 0 Å². The quantitative estimate of drug-likeness (QED) is 0.868. The van der Waals surface area contributed by atoms with Crippen molar-refractivity contribution in [2.45, 2.75) is 32.6 Å². The van der Waals surface area contributed by atoms with Crippen LogP contribution in [0.25, 0.3) is 0 Å². The molecule has 1 aliphatic rings. The summed E-state index contributed by atoms with van der Waals surface area (Å²) >= 11 is 0. The van der Waals surface area contributed by atoms with E-state index >= 15 is 0 Å². The molecule has 2 rings (SSSR count). The first-order chi connectivity index (χ1) is 9.69. The molecule has 0 aromatic heterocycles. The number of nitrogens with two attached hydrogens (primary N) is 1. The summed E-state index contributed by atoms with van der Waals surface area (Å²) in [4.78, 5) is 14.0. The molecular weight excluding hydrogens is 250 g/mol. The van der Waals surface area contributed by atoms with E-state index in [-0.39, 0.29) is 5.91 Å². The molecule has 0 aliphatic carbocycles. The van der Waals surface area contributed by atoms with Crippen LogP contribution in [0.1, 0.15) is 32.6 Å². The van der Waals surface area contributed by atoms with Crippen LogP contribution in [0.5, 0.6) is 0 Å². The molecule has 20 heavy (non-hydrogen) atoms. The smallest absolute Gasteiger partial charge is 0.224 e. The molecule has 0 unspecified atom stereocenters. The maximum Gasteiger partial charge on any atom is 0.224 e. The second-order valence-corrected chi connectivity index (χ2v) is 5.66. The number of carbonyl (C=O) groups is 1. The number of nitrogens with zero attached hydrogens (tertiary/aromatic N) is 1. The summed E-state index contributed by atoms with van der Waals surface area (Å²) in [6.45, 7) is 5.13. The second-order valence-electron chi connectivity index (χ2n) is 5.66. The number of piperidine rings is 1. The molecule has 1 aromatic rings. The van der Waals surface area contributed by atoms with Crippen molar-refractivity contribution >= 4 is 17.3 Å². The Morgan fingerprint density at radius 1 is 1.30 bits per heavy atom. The van der Waals surface area contributed by atoms with E-state index in [1.807, 2.05) is 12.1 Å². The van der Waals surface area contributed by atoms with Gasteiger partial charge in [0.05, 0.1) is 0 Å². The summed E-state index contributed by atoms with van der Waals surface area (Å²) in [7, 11) is 0. The summed E-state index contributed by atoms with van der Waals surface area (Å²) in [5, 5.41) is 2.90. The van der Waals surface area contributed by atoms with Gasteiger partial charge in [0.15, 0.2) is 0 Å². The highest BCUT2D eigenvalue weighted by molar-refractivity contribution is 5.90. The number of hydrogen-bond donors (Lipinski definition) is 2. The third-order valence-corrected chi connectivity index (χ3v) is 3.91. The van der Waals surface area contributed by atoms with Gasteiger partial charge >= 0.3 is 0 Å². The minimum atomic E-state index is 0.0370. The average Bonchev–Trinajstić information content (AvgIpc) is 2.47. The number of carbonyl (C=O) groups excluding carboxylic acids is 1. The van der Waals surface area contributed by atoms with E-state index in [9.17, 15) is 4.79 Å². The van der Waals surface area contributed by atoms with Crippen LogP contribution < -0.4 is 16.0 Å². The maximum atomic E-state index is 11.6. The van der Waals surface area contributed by atoms with Crippen molar-refractivity contribution in [3.8, 4) is 0 Å². The van der Waals surface area contributed by atoms with Gasteiger partial charge in [-0.25, -0.2) is 0 Å². The molecule has 4 nitrogen and oxygen atoms in total. The Bertz CT molecular complexity index is 422. The summed E-state index contributed by atoms with van der Waals surface area (Å²) in [6, 6.07) is 8.14. The first-order valence-electron chi connectivity index (χ1n) is 7.54. The van der Waals surface area contributed by atoms with Crippen LogP contribution >= 0.6 is 0 Å². The molecule has 0 bridgehead atoms. The van der Waals surface area contributed by atoms with Crippen LogP contribution in [-0.2, 0) is 4.79 Å². The van der Waals surface area contributed by atoms with Crippen molar-refractivity contribution in [2.75, 3.05) is 29.9 Å². The van der Waals surface area contributed by atoms with Crippen molar-refractivity contribution in [1.82, 2.24) is 0 Å². The van der Waals surface area contributed by atoms with Crippen LogP contribution in [0.3, 0.4) is 0 Å². The molecule has 4 heteroatoms. The lowest BCUT2D eigenvalue weighted by Gasteiger charge is -2.32. The Morgan fingerprint density at radius 3 is 2.55 bits per heavy atom. The summed E-state index contributed by atoms with van der Waals surface area (Å²) in [5.41, 5.74) is 7.51.